The van der Waals surface area contributed by atoms with Crippen LogP contribution in [0.4, 0.5) is 5.82 Å². The summed E-state index contributed by atoms with van der Waals surface area (Å²) in [4.78, 5) is 26.6. The van der Waals surface area contributed by atoms with Gasteiger partial charge in [-0.05, 0) is 0 Å². The van der Waals surface area contributed by atoms with E-state index in [9.17, 15) is 4.79 Å². The maximum atomic E-state index is 12.6. The molecule has 0 spiro atoms. The van der Waals surface area contributed by atoms with Crippen LogP contribution in [-0.2, 0) is 4.79 Å². The highest BCUT2D eigenvalue weighted by molar-refractivity contribution is 5.82. The number of carbonyl (C=O) groups excluding carboxylic acids is 1. The number of piperazine rings is 1. The zero-order valence-electron chi connectivity index (χ0n) is 17.9. The fourth-order valence-electron chi connectivity index (χ4n) is 3.75. The van der Waals surface area contributed by atoms with Gasteiger partial charge in [-0.25, -0.2) is 4.98 Å². The predicted molar refractivity (Wildman–Crippen MR) is 121 cm³/mol. The molecule has 2 heterocycles. The SMILES string of the molecule is CC(C)(C)C(=O)N1CCN(c2cnc(-c3ccccc3)c(-c3ccccc3)n2)CC1. The van der Waals surface area contributed by atoms with E-state index in [4.69, 9.17) is 9.97 Å². The highest BCUT2D eigenvalue weighted by Crippen LogP contribution is 2.31. The Hall–Kier alpha value is -3.21. The quantitative estimate of drug-likeness (QED) is 0.649. The van der Waals surface area contributed by atoms with Crippen molar-refractivity contribution in [3.8, 4) is 22.5 Å². The summed E-state index contributed by atoms with van der Waals surface area (Å²) in [5.74, 6) is 1.06. The van der Waals surface area contributed by atoms with Crippen molar-refractivity contribution < 1.29 is 4.79 Å². The molecule has 1 amide bonds. The lowest BCUT2D eigenvalue weighted by Crippen LogP contribution is -2.51. The number of carbonyl (C=O) groups is 1. The molecule has 1 saturated heterocycles. The molecule has 30 heavy (non-hydrogen) atoms. The van der Waals surface area contributed by atoms with Crippen molar-refractivity contribution in [3.05, 3.63) is 66.9 Å². The number of anilines is 1. The second kappa shape index (κ2) is 8.27. The molecule has 1 aliphatic rings. The molecule has 2 aromatic carbocycles. The highest BCUT2D eigenvalue weighted by atomic mass is 16.2. The zero-order chi connectivity index (χ0) is 21.1. The summed E-state index contributed by atoms with van der Waals surface area (Å²) in [5.41, 5.74) is 3.52. The van der Waals surface area contributed by atoms with Gasteiger partial charge < -0.3 is 9.80 Å². The fraction of sp³-hybridized carbons (Fsp3) is 0.320. The van der Waals surface area contributed by atoms with Gasteiger partial charge in [0, 0.05) is 42.7 Å². The van der Waals surface area contributed by atoms with E-state index in [0.717, 1.165) is 41.4 Å². The van der Waals surface area contributed by atoms with Crippen molar-refractivity contribution in [2.45, 2.75) is 20.8 Å². The molecule has 4 rings (SSSR count). The Morgan fingerprint density at radius 1 is 0.800 bits per heavy atom. The van der Waals surface area contributed by atoms with Gasteiger partial charge in [0.15, 0.2) is 0 Å². The van der Waals surface area contributed by atoms with Crippen LogP contribution in [-0.4, -0.2) is 47.0 Å². The second-order valence-corrected chi connectivity index (χ2v) is 8.69. The van der Waals surface area contributed by atoms with Crippen LogP contribution in [0.2, 0.25) is 0 Å². The van der Waals surface area contributed by atoms with E-state index in [0.29, 0.717) is 13.1 Å². The molecule has 1 aliphatic heterocycles. The van der Waals surface area contributed by atoms with Crippen LogP contribution in [0, 0.1) is 5.41 Å². The summed E-state index contributed by atoms with van der Waals surface area (Å²) < 4.78 is 0. The molecule has 0 bridgehead atoms. The average molecular weight is 401 g/mol. The van der Waals surface area contributed by atoms with Gasteiger partial charge in [0.2, 0.25) is 5.91 Å². The maximum Gasteiger partial charge on any atom is 0.228 e. The van der Waals surface area contributed by atoms with Crippen molar-refractivity contribution in [1.29, 1.82) is 0 Å². The van der Waals surface area contributed by atoms with Crippen molar-refractivity contribution in [1.82, 2.24) is 14.9 Å². The van der Waals surface area contributed by atoms with E-state index in [1.54, 1.807) is 0 Å². The number of hydrogen-bond donors (Lipinski definition) is 0. The molecule has 154 valence electrons. The molecule has 3 aromatic rings. The number of amides is 1. The third-order valence-electron chi connectivity index (χ3n) is 5.39. The zero-order valence-corrected chi connectivity index (χ0v) is 17.9. The first-order valence-corrected chi connectivity index (χ1v) is 10.5. The van der Waals surface area contributed by atoms with Gasteiger partial charge in [-0.1, -0.05) is 81.4 Å². The Labute approximate surface area is 178 Å². The van der Waals surface area contributed by atoms with Gasteiger partial charge in [-0.15, -0.1) is 0 Å². The van der Waals surface area contributed by atoms with Gasteiger partial charge in [0.05, 0.1) is 17.6 Å². The van der Waals surface area contributed by atoms with Crippen molar-refractivity contribution >= 4 is 11.7 Å². The Kier molecular flexibility index (Phi) is 5.53. The van der Waals surface area contributed by atoms with Gasteiger partial charge in [0.1, 0.15) is 5.82 Å². The van der Waals surface area contributed by atoms with Crippen molar-refractivity contribution in [2.75, 3.05) is 31.1 Å². The van der Waals surface area contributed by atoms with Gasteiger partial charge in [-0.2, -0.15) is 0 Å². The lowest BCUT2D eigenvalue weighted by molar-refractivity contribution is -0.139. The molecule has 0 unspecified atom stereocenters. The summed E-state index contributed by atoms with van der Waals surface area (Å²) >= 11 is 0. The molecule has 0 aliphatic carbocycles. The topological polar surface area (TPSA) is 49.3 Å². The van der Waals surface area contributed by atoms with Crippen LogP contribution in [0.1, 0.15) is 20.8 Å². The van der Waals surface area contributed by atoms with Crippen LogP contribution in [0.3, 0.4) is 0 Å². The predicted octanol–water partition coefficient (Wildman–Crippen LogP) is 4.51. The minimum atomic E-state index is -0.347. The highest BCUT2D eigenvalue weighted by Gasteiger charge is 2.30. The Bertz CT molecular complexity index is 1000. The van der Waals surface area contributed by atoms with E-state index in [1.807, 2.05) is 68.3 Å². The molecule has 0 saturated carbocycles. The Balaban J connectivity index is 1.62. The van der Waals surface area contributed by atoms with E-state index in [2.05, 4.69) is 29.2 Å². The van der Waals surface area contributed by atoms with Crippen LogP contribution < -0.4 is 4.90 Å². The van der Waals surface area contributed by atoms with Gasteiger partial charge in [-0.3, -0.25) is 9.78 Å². The number of hydrogen-bond acceptors (Lipinski definition) is 4. The number of aromatic nitrogens is 2. The maximum absolute atomic E-state index is 12.6. The first-order chi connectivity index (χ1) is 14.4. The van der Waals surface area contributed by atoms with E-state index >= 15 is 0 Å². The monoisotopic (exact) mass is 400 g/mol. The third-order valence-corrected chi connectivity index (χ3v) is 5.39. The molecular formula is C25H28N4O. The number of benzene rings is 2. The molecule has 1 aromatic heterocycles. The van der Waals surface area contributed by atoms with Crippen LogP contribution in [0.15, 0.2) is 66.9 Å². The molecule has 5 heteroatoms. The summed E-state index contributed by atoms with van der Waals surface area (Å²) in [6, 6.07) is 20.4. The number of nitrogens with zero attached hydrogens (tertiary/aromatic N) is 4. The summed E-state index contributed by atoms with van der Waals surface area (Å²) in [6.07, 6.45) is 1.86. The van der Waals surface area contributed by atoms with E-state index < -0.39 is 0 Å². The Morgan fingerprint density at radius 2 is 1.33 bits per heavy atom. The lowest BCUT2D eigenvalue weighted by Gasteiger charge is -2.38. The first-order valence-electron chi connectivity index (χ1n) is 10.5. The molecule has 5 nitrogen and oxygen atoms in total. The smallest absolute Gasteiger partial charge is 0.228 e. The molecular weight excluding hydrogens is 372 g/mol. The molecule has 0 N–H and O–H groups in total. The van der Waals surface area contributed by atoms with Crippen LogP contribution >= 0.6 is 0 Å². The number of rotatable bonds is 3. The molecule has 1 fully saturated rings. The average Bonchev–Trinajstić information content (AvgIpc) is 2.79. The first kappa shape index (κ1) is 20.1. The molecule has 0 atom stereocenters. The van der Waals surface area contributed by atoms with Gasteiger partial charge >= 0.3 is 0 Å². The normalized spacial score (nSPS) is 14.6. The van der Waals surface area contributed by atoms with Crippen molar-refractivity contribution in [2.24, 2.45) is 5.41 Å². The second-order valence-electron chi connectivity index (χ2n) is 8.69. The minimum absolute atomic E-state index is 0.206. The summed E-state index contributed by atoms with van der Waals surface area (Å²) in [6.45, 7) is 8.85. The van der Waals surface area contributed by atoms with Gasteiger partial charge in [0.25, 0.3) is 0 Å². The Morgan fingerprint density at radius 3 is 1.87 bits per heavy atom. The van der Waals surface area contributed by atoms with Crippen molar-refractivity contribution in [3.63, 3.8) is 0 Å². The lowest BCUT2D eigenvalue weighted by atomic mass is 9.94. The third kappa shape index (κ3) is 4.20. The fourth-order valence-corrected chi connectivity index (χ4v) is 3.75. The van der Waals surface area contributed by atoms with Crippen LogP contribution in [0.5, 0.6) is 0 Å². The largest absolute Gasteiger partial charge is 0.352 e. The van der Waals surface area contributed by atoms with Crippen LogP contribution in [0.25, 0.3) is 22.5 Å². The van der Waals surface area contributed by atoms with E-state index in [1.165, 1.54) is 0 Å². The molecule has 0 radical (unpaired) electrons. The minimum Gasteiger partial charge on any atom is -0.352 e. The summed E-state index contributed by atoms with van der Waals surface area (Å²) in [7, 11) is 0. The summed E-state index contributed by atoms with van der Waals surface area (Å²) in [5, 5.41) is 0. The standard InChI is InChI=1S/C25H28N4O/c1-25(2,3)24(30)29-16-14-28(15-17-29)21-18-26-22(19-10-6-4-7-11-19)23(27-21)20-12-8-5-9-13-20/h4-13,18H,14-17H2,1-3H3. The van der Waals surface area contributed by atoms with E-state index in [-0.39, 0.29) is 11.3 Å².